The lowest BCUT2D eigenvalue weighted by molar-refractivity contribution is -0.123. The number of fused-ring (bicyclic) bond motifs is 1. The van der Waals surface area contributed by atoms with Gasteiger partial charge in [-0.05, 0) is 19.0 Å². The SMILES string of the molecule is SOCC1OCc2ccccc2O1. The Hall–Kier alpha value is -0.710. The zero-order chi connectivity index (χ0) is 9.10. The number of ether oxygens (including phenoxy) is 2. The number of para-hydroxylation sites is 1. The van der Waals surface area contributed by atoms with Crippen LogP contribution in [0.25, 0.3) is 0 Å². The quantitative estimate of drug-likeness (QED) is 0.580. The third-order valence-electron chi connectivity index (χ3n) is 1.87. The Morgan fingerprint density at radius 3 is 3.15 bits per heavy atom. The van der Waals surface area contributed by atoms with E-state index >= 15 is 0 Å². The Morgan fingerprint density at radius 2 is 2.31 bits per heavy atom. The molecule has 0 fully saturated rings. The molecule has 0 amide bonds. The van der Waals surface area contributed by atoms with E-state index in [9.17, 15) is 0 Å². The minimum Gasteiger partial charge on any atom is -0.462 e. The number of thiol groups is 1. The first-order chi connectivity index (χ1) is 6.40. The fourth-order valence-electron chi connectivity index (χ4n) is 1.24. The van der Waals surface area contributed by atoms with Crippen LogP contribution in [-0.2, 0) is 15.5 Å². The fourth-order valence-corrected chi connectivity index (χ4v) is 1.36. The third kappa shape index (κ3) is 1.96. The Labute approximate surface area is 82.2 Å². The Morgan fingerprint density at radius 1 is 1.46 bits per heavy atom. The molecule has 1 aliphatic heterocycles. The van der Waals surface area contributed by atoms with Crippen molar-refractivity contribution in [3.8, 4) is 5.75 Å². The maximum absolute atomic E-state index is 5.48. The summed E-state index contributed by atoms with van der Waals surface area (Å²) in [5.74, 6) is 0.865. The minimum absolute atomic E-state index is 0.331. The Bertz CT molecular complexity index is 290. The average Bonchev–Trinajstić information content (AvgIpc) is 2.18. The minimum atomic E-state index is -0.340. The van der Waals surface area contributed by atoms with Crippen molar-refractivity contribution >= 4 is 12.9 Å². The first kappa shape index (κ1) is 8.87. The van der Waals surface area contributed by atoms with Gasteiger partial charge in [0.1, 0.15) is 12.4 Å². The van der Waals surface area contributed by atoms with Gasteiger partial charge < -0.3 is 13.7 Å². The highest BCUT2D eigenvalue weighted by atomic mass is 32.1. The molecule has 0 N–H and O–H groups in total. The van der Waals surface area contributed by atoms with Gasteiger partial charge in [-0.1, -0.05) is 18.2 Å². The summed E-state index contributed by atoms with van der Waals surface area (Å²) in [7, 11) is 0. The summed E-state index contributed by atoms with van der Waals surface area (Å²) in [6.45, 7) is 0.898. The summed E-state index contributed by atoms with van der Waals surface area (Å²) in [6.07, 6.45) is -0.340. The topological polar surface area (TPSA) is 27.7 Å². The number of rotatable bonds is 2. The van der Waals surface area contributed by atoms with Gasteiger partial charge in [-0.3, -0.25) is 0 Å². The summed E-state index contributed by atoms with van der Waals surface area (Å²) < 4.78 is 15.5. The lowest BCUT2D eigenvalue weighted by Crippen LogP contribution is -2.28. The second-order valence-corrected chi connectivity index (χ2v) is 3.02. The number of hydrogen-bond donors (Lipinski definition) is 1. The highest BCUT2D eigenvalue weighted by molar-refractivity contribution is 7.75. The normalized spacial score (nSPS) is 20.5. The summed E-state index contributed by atoms with van der Waals surface area (Å²) in [5.41, 5.74) is 1.07. The van der Waals surface area contributed by atoms with Crippen LogP contribution < -0.4 is 4.74 Å². The molecule has 1 heterocycles. The van der Waals surface area contributed by atoms with Gasteiger partial charge in [0, 0.05) is 5.56 Å². The van der Waals surface area contributed by atoms with E-state index in [1.54, 1.807) is 0 Å². The first-order valence-electron chi connectivity index (χ1n) is 4.02. The third-order valence-corrected chi connectivity index (χ3v) is 2.02. The van der Waals surface area contributed by atoms with Crippen molar-refractivity contribution in [2.24, 2.45) is 0 Å². The molecular weight excluding hydrogens is 188 g/mol. The van der Waals surface area contributed by atoms with E-state index in [0.717, 1.165) is 11.3 Å². The summed E-state index contributed by atoms with van der Waals surface area (Å²) in [5, 5.41) is 0. The lowest BCUT2D eigenvalue weighted by Gasteiger charge is -2.25. The maximum atomic E-state index is 5.48. The standard InChI is InChI=1S/C9H10O3S/c13-11-6-9-10-5-7-3-1-2-4-8(7)12-9/h1-4,9,13H,5-6H2. The van der Waals surface area contributed by atoms with E-state index < -0.39 is 0 Å². The molecule has 0 saturated heterocycles. The van der Waals surface area contributed by atoms with E-state index in [4.69, 9.17) is 9.47 Å². The van der Waals surface area contributed by atoms with Crippen LogP contribution in [-0.4, -0.2) is 12.9 Å². The molecule has 1 unspecified atom stereocenters. The van der Waals surface area contributed by atoms with Crippen molar-refractivity contribution in [3.63, 3.8) is 0 Å². The van der Waals surface area contributed by atoms with E-state index in [1.807, 2.05) is 24.3 Å². The van der Waals surface area contributed by atoms with Gasteiger partial charge in [-0.15, -0.1) is 0 Å². The molecule has 0 spiro atoms. The summed E-state index contributed by atoms with van der Waals surface area (Å²) in [6, 6.07) is 7.79. The van der Waals surface area contributed by atoms with Crippen LogP contribution >= 0.6 is 12.9 Å². The molecule has 0 saturated carbocycles. The molecule has 1 aliphatic rings. The molecular formula is C9H10O3S. The second kappa shape index (κ2) is 4.00. The number of benzene rings is 1. The van der Waals surface area contributed by atoms with Crippen molar-refractivity contribution in [3.05, 3.63) is 29.8 Å². The van der Waals surface area contributed by atoms with E-state index in [1.165, 1.54) is 0 Å². The van der Waals surface area contributed by atoms with Crippen molar-refractivity contribution in [2.45, 2.75) is 12.9 Å². The van der Waals surface area contributed by atoms with E-state index in [2.05, 4.69) is 17.1 Å². The molecule has 3 nitrogen and oxygen atoms in total. The van der Waals surface area contributed by atoms with Crippen molar-refractivity contribution in [1.82, 2.24) is 0 Å². The lowest BCUT2D eigenvalue weighted by atomic mass is 10.2. The molecule has 1 atom stereocenters. The second-order valence-electron chi connectivity index (χ2n) is 2.76. The van der Waals surface area contributed by atoms with E-state index in [-0.39, 0.29) is 6.29 Å². The van der Waals surface area contributed by atoms with Gasteiger partial charge in [-0.2, -0.15) is 0 Å². The summed E-state index contributed by atoms with van der Waals surface area (Å²) >= 11 is 3.64. The van der Waals surface area contributed by atoms with Gasteiger partial charge in [0.25, 0.3) is 0 Å². The maximum Gasteiger partial charge on any atom is 0.225 e. The smallest absolute Gasteiger partial charge is 0.225 e. The van der Waals surface area contributed by atoms with Crippen LogP contribution in [0.2, 0.25) is 0 Å². The van der Waals surface area contributed by atoms with Crippen molar-refractivity contribution < 1.29 is 13.7 Å². The van der Waals surface area contributed by atoms with Crippen LogP contribution in [0, 0.1) is 0 Å². The molecule has 2 rings (SSSR count). The predicted molar refractivity (Wildman–Crippen MR) is 50.6 cm³/mol. The predicted octanol–water partition coefficient (Wildman–Crippen LogP) is 1.78. The Kier molecular flexibility index (Phi) is 2.73. The van der Waals surface area contributed by atoms with Gasteiger partial charge in [0.05, 0.1) is 6.61 Å². The molecule has 4 heteroatoms. The monoisotopic (exact) mass is 198 g/mol. The van der Waals surface area contributed by atoms with Crippen LogP contribution in [0.1, 0.15) is 5.56 Å². The van der Waals surface area contributed by atoms with Gasteiger partial charge in [-0.25, -0.2) is 0 Å². The van der Waals surface area contributed by atoms with E-state index in [0.29, 0.717) is 13.2 Å². The Balaban J connectivity index is 2.11. The number of hydrogen-bond acceptors (Lipinski definition) is 4. The average molecular weight is 198 g/mol. The molecule has 0 bridgehead atoms. The van der Waals surface area contributed by atoms with Crippen LogP contribution in [0.15, 0.2) is 24.3 Å². The molecule has 13 heavy (non-hydrogen) atoms. The molecule has 0 aliphatic carbocycles. The van der Waals surface area contributed by atoms with Crippen molar-refractivity contribution in [2.75, 3.05) is 6.61 Å². The highest BCUT2D eigenvalue weighted by Crippen LogP contribution is 2.25. The first-order valence-corrected chi connectivity index (χ1v) is 4.39. The highest BCUT2D eigenvalue weighted by Gasteiger charge is 2.19. The van der Waals surface area contributed by atoms with Crippen LogP contribution in [0.3, 0.4) is 0 Å². The van der Waals surface area contributed by atoms with Gasteiger partial charge >= 0.3 is 0 Å². The summed E-state index contributed by atoms with van der Waals surface area (Å²) in [4.78, 5) is 0. The molecule has 70 valence electrons. The van der Waals surface area contributed by atoms with Crippen LogP contribution in [0.5, 0.6) is 5.75 Å². The van der Waals surface area contributed by atoms with Gasteiger partial charge in [0.2, 0.25) is 6.29 Å². The van der Waals surface area contributed by atoms with Crippen LogP contribution in [0.4, 0.5) is 0 Å². The molecule has 0 aromatic heterocycles. The zero-order valence-electron chi connectivity index (χ0n) is 6.97. The largest absolute Gasteiger partial charge is 0.462 e. The fraction of sp³-hybridized carbons (Fsp3) is 0.333. The van der Waals surface area contributed by atoms with Crippen molar-refractivity contribution in [1.29, 1.82) is 0 Å². The zero-order valence-corrected chi connectivity index (χ0v) is 7.87. The molecule has 1 aromatic rings. The molecule has 1 aromatic carbocycles. The van der Waals surface area contributed by atoms with Gasteiger partial charge in [0.15, 0.2) is 0 Å². The molecule has 0 radical (unpaired) electrons.